The highest BCUT2D eigenvalue weighted by atomic mass is 16.6. The number of amides is 5. The van der Waals surface area contributed by atoms with E-state index in [4.69, 9.17) is 4.74 Å². The van der Waals surface area contributed by atoms with Crippen LogP contribution in [0, 0.1) is 17.0 Å². The van der Waals surface area contributed by atoms with Crippen molar-refractivity contribution >= 4 is 35.1 Å². The van der Waals surface area contributed by atoms with Gasteiger partial charge in [-0.2, -0.15) is 0 Å². The lowest BCUT2D eigenvalue weighted by atomic mass is 9.91. The Morgan fingerprint density at radius 2 is 1.91 bits per heavy atom. The van der Waals surface area contributed by atoms with Gasteiger partial charge in [0.1, 0.15) is 17.8 Å². The molecule has 178 valence electrons. The minimum absolute atomic E-state index is 0.203. The van der Waals surface area contributed by atoms with Gasteiger partial charge < -0.3 is 20.7 Å². The largest absolute Gasteiger partial charge is 0.495 e. The zero-order valence-electron chi connectivity index (χ0n) is 18.7. The molecule has 1 unspecified atom stereocenters. The lowest BCUT2D eigenvalue weighted by Gasteiger charge is -2.22. The first-order valence-electron chi connectivity index (χ1n) is 10.2. The predicted molar refractivity (Wildman–Crippen MR) is 120 cm³/mol. The molecule has 0 radical (unpaired) electrons. The van der Waals surface area contributed by atoms with Crippen molar-refractivity contribution < 1.29 is 28.8 Å². The molecule has 0 bridgehead atoms. The normalized spacial score (nSPS) is 17.2. The van der Waals surface area contributed by atoms with Crippen molar-refractivity contribution in [3.05, 3.63) is 63.7 Å². The lowest BCUT2D eigenvalue weighted by molar-refractivity contribution is -0.385. The minimum Gasteiger partial charge on any atom is -0.495 e. The van der Waals surface area contributed by atoms with E-state index in [2.05, 4.69) is 16.0 Å². The molecular weight excluding hydrogens is 446 g/mol. The number of urea groups is 1. The molecule has 3 rings (SSSR count). The van der Waals surface area contributed by atoms with Gasteiger partial charge in [0, 0.05) is 12.1 Å². The third-order valence-electron chi connectivity index (χ3n) is 5.29. The summed E-state index contributed by atoms with van der Waals surface area (Å²) < 4.78 is 5.19. The van der Waals surface area contributed by atoms with Gasteiger partial charge in [-0.15, -0.1) is 0 Å². The SMILES string of the molecule is COc1ccc(C)cc1NC(=O)CNC(=O)CN1C(=O)NC(C)(c2cccc([N+](=O)[O-])c2)C1=O. The molecule has 34 heavy (non-hydrogen) atoms. The van der Waals surface area contributed by atoms with E-state index >= 15 is 0 Å². The number of carbonyl (C=O) groups is 4. The highest BCUT2D eigenvalue weighted by Gasteiger charge is 2.49. The summed E-state index contributed by atoms with van der Waals surface area (Å²) in [5, 5.41) is 18.5. The predicted octanol–water partition coefficient (Wildman–Crippen LogP) is 1.43. The zero-order chi connectivity index (χ0) is 25.0. The molecule has 0 aliphatic carbocycles. The molecule has 0 saturated carbocycles. The summed E-state index contributed by atoms with van der Waals surface area (Å²) in [5.74, 6) is -1.57. The second kappa shape index (κ2) is 9.57. The van der Waals surface area contributed by atoms with Gasteiger partial charge in [0.25, 0.3) is 11.6 Å². The number of hydrogen-bond donors (Lipinski definition) is 3. The molecule has 12 nitrogen and oxygen atoms in total. The maximum absolute atomic E-state index is 12.9. The first kappa shape index (κ1) is 24.2. The van der Waals surface area contributed by atoms with Crippen molar-refractivity contribution in [3.8, 4) is 5.75 Å². The molecule has 1 heterocycles. The van der Waals surface area contributed by atoms with Crippen molar-refractivity contribution in [2.24, 2.45) is 0 Å². The number of aryl methyl sites for hydroxylation is 1. The highest BCUT2D eigenvalue weighted by Crippen LogP contribution is 2.30. The third kappa shape index (κ3) is 4.95. The summed E-state index contributed by atoms with van der Waals surface area (Å²) in [6.45, 7) is 2.21. The van der Waals surface area contributed by atoms with E-state index in [0.29, 0.717) is 16.3 Å². The number of non-ortho nitro benzene ring substituents is 1. The van der Waals surface area contributed by atoms with E-state index in [-0.39, 0.29) is 11.3 Å². The topological polar surface area (TPSA) is 160 Å². The Labute approximate surface area is 194 Å². The molecule has 12 heteroatoms. The number of carbonyl (C=O) groups excluding carboxylic acids is 4. The van der Waals surface area contributed by atoms with Crippen LogP contribution in [0.5, 0.6) is 5.75 Å². The summed E-state index contributed by atoms with van der Waals surface area (Å²) in [5.41, 5.74) is -0.292. The molecule has 2 aromatic carbocycles. The lowest BCUT2D eigenvalue weighted by Crippen LogP contribution is -2.44. The van der Waals surface area contributed by atoms with Crippen LogP contribution in [-0.2, 0) is 19.9 Å². The number of ether oxygens (including phenoxy) is 1. The highest BCUT2D eigenvalue weighted by molar-refractivity contribution is 6.09. The number of imide groups is 1. The Bertz CT molecular complexity index is 1180. The number of benzene rings is 2. The second-order valence-electron chi connectivity index (χ2n) is 7.78. The number of nitro benzene ring substituents is 1. The Morgan fingerprint density at radius 3 is 2.59 bits per heavy atom. The van der Waals surface area contributed by atoms with Gasteiger partial charge in [0.2, 0.25) is 11.8 Å². The maximum atomic E-state index is 12.9. The van der Waals surface area contributed by atoms with Crippen molar-refractivity contribution in [3.63, 3.8) is 0 Å². The van der Waals surface area contributed by atoms with Crippen LogP contribution < -0.4 is 20.7 Å². The summed E-state index contributed by atoms with van der Waals surface area (Å²) >= 11 is 0. The van der Waals surface area contributed by atoms with Crippen LogP contribution in [0.4, 0.5) is 16.2 Å². The molecule has 3 N–H and O–H groups in total. The molecule has 1 atom stereocenters. The molecule has 5 amide bonds. The smallest absolute Gasteiger partial charge is 0.325 e. The molecule has 2 aromatic rings. The average molecular weight is 469 g/mol. The third-order valence-corrected chi connectivity index (χ3v) is 5.29. The van der Waals surface area contributed by atoms with Gasteiger partial charge in [-0.3, -0.25) is 29.4 Å². The van der Waals surface area contributed by atoms with Gasteiger partial charge in [-0.25, -0.2) is 4.79 Å². The van der Waals surface area contributed by atoms with E-state index in [9.17, 15) is 29.3 Å². The Morgan fingerprint density at radius 1 is 1.18 bits per heavy atom. The standard InChI is InChI=1S/C22H23N5O7/c1-13-7-8-17(34-3)16(9-13)24-18(28)11-23-19(29)12-26-20(30)22(2,25-21(26)31)14-5-4-6-15(10-14)27(32)33/h4-10H,11-12H2,1-3H3,(H,23,29)(H,24,28)(H,25,31). The van der Waals surface area contributed by atoms with Crippen molar-refractivity contribution in [1.29, 1.82) is 0 Å². The van der Waals surface area contributed by atoms with Gasteiger partial charge >= 0.3 is 6.03 Å². The fraction of sp³-hybridized carbons (Fsp3) is 0.273. The quantitative estimate of drug-likeness (QED) is 0.299. The van der Waals surface area contributed by atoms with Crippen LogP contribution in [0.1, 0.15) is 18.1 Å². The number of anilines is 1. The summed E-state index contributed by atoms with van der Waals surface area (Å²) in [6.07, 6.45) is 0. The monoisotopic (exact) mass is 469 g/mol. The first-order valence-corrected chi connectivity index (χ1v) is 10.2. The number of methoxy groups -OCH3 is 1. The molecule has 1 fully saturated rings. The van der Waals surface area contributed by atoms with Gasteiger partial charge in [0.05, 0.1) is 24.3 Å². The van der Waals surface area contributed by atoms with Gasteiger partial charge in [-0.1, -0.05) is 18.2 Å². The fourth-order valence-corrected chi connectivity index (χ4v) is 3.46. The number of nitrogens with one attached hydrogen (secondary N) is 3. The van der Waals surface area contributed by atoms with Crippen LogP contribution >= 0.6 is 0 Å². The Balaban J connectivity index is 1.62. The zero-order valence-corrected chi connectivity index (χ0v) is 18.7. The molecule has 0 aromatic heterocycles. The molecule has 1 aliphatic rings. The van der Waals surface area contributed by atoms with Crippen LogP contribution in [0.15, 0.2) is 42.5 Å². The van der Waals surface area contributed by atoms with Crippen molar-refractivity contribution in [2.45, 2.75) is 19.4 Å². The summed E-state index contributed by atoms with van der Waals surface area (Å²) in [7, 11) is 1.46. The van der Waals surface area contributed by atoms with Gasteiger partial charge in [0.15, 0.2) is 0 Å². The Kier molecular flexibility index (Phi) is 6.80. The van der Waals surface area contributed by atoms with Crippen LogP contribution in [0.2, 0.25) is 0 Å². The van der Waals surface area contributed by atoms with Crippen molar-refractivity contribution in [2.75, 3.05) is 25.5 Å². The fourth-order valence-electron chi connectivity index (χ4n) is 3.46. The van der Waals surface area contributed by atoms with Crippen LogP contribution in [-0.4, -0.2) is 53.8 Å². The van der Waals surface area contributed by atoms with E-state index in [1.807, 2.05) is 13.0 Å². The first-order chi connectivity index (χ1) is 16.0. The molecule has 1 aliphatic heterocycles. The van der Waals surface area contributed by atoms with Crippen LogP contribution in [0.25, 0.3) is 0 Å². The summed E-state index contributed by atoms with van der Waals surface area (Å²) in [4.78, 5) is 61.0. The second-order valence-corrected chi connectivity index (χ2v) is 7.78. The number of nitro groups is 1. The van der Waals surface area contributed by atoms with E-state index in [0.717, 1.165) is 5.56 Å². The van der Waals surface area contributed by atoms with Crippen LogP contribution in [0.3, 0.4) is 0 Å². The molecular formula is C22H23N5O7. The average Bonchev–Trinajstić information content (AvgIpc) is 3.02. The maximum Gasteiger partial charge on any atom is 0.325 e. The van der Waals surface area contributed by atoms with E-state index < -0.39 is 47.3 Å². The van der Waals surface area contributed by atoms with Gasteiger partial charge in [-0.05, 0) is 37.1 Å². The minimum atomic E-state index is -1.58. The molecule has 1 saturated heterocycles. The number of hydrogen-bond acceptors (Lipinski definition) is 7. The summed E-state index contributed by atoms with van der Waals surface area (Å²) in [6, 6.07) is 9.70. The number of rotatable bonds is 8. The van der Waals surface area contributed by atoms with Crippen molar-refractivity contribution in [1.82, 2.24) is 15.5 Å². The number of nitrogens with zero attached hydrogens (tertiary/aromatic N) is 2. The van der Waals surface area contributed by atoms with E-state index in [1.165, 1.54) is 38.3 Å². The van der Waals surface area contributed by atoms with E-state index in [1.54, 1.807) is 12.1 Å². The Hall–Kier alpha value is -4.48. The molecule has 0 spiro atoms.